The third kappa shape index (κ3) is 5.06. The lowest BCUT2D eigenvalue weighted by Crippen LogP contribution is -2.26. The smallest absolute Gasteiger partial charge is 0.356 e. The lowest BCUT2D eigenvalue weighted by molar-refractivity contribution is -0.141. The van der Waals surface area contributed by atoms with Gasteiger partial charge in [0.15, 0.2) is 5.69 Å². The number of amides is 1. The van der Waals surface area contributed by atoms with E-state index in [-0.39, 0.29) is 29.8 Å². The van der Waals surface area contributed by atoms with Gasteiger partial charge in [0, 0.05) is 25.4 Å². The number of hydrogen-bond donors (Lipinski definition) is 1. The van der Waals surface area contributed by atoms with Crippen LogP contribution in [0.2, 0.25) is 10.0 Å². The van der Waals surface area contributed by atoms with Crippen LogP contribution in [0.15, 0.2) is 0 Å². The number of alkyl halides is 3. The first kappa shape index (κ1) is 22.0. The molecular weight excluding hydrogens is 430 g/mol. The standard InChI is InChI=1S/C18H22Cl2F3N5O/c1-10-14(19)11(2)27(25-10)9-6-13(29)24-7-3-8-28-16(12-4-5-12)15(20)17(26-28)18(21,22)23/h12H,3-9H2,1-2H3,(H,24,29). The largest absolute Gasteiger partial charge is 0.436 e. The number of nitrogens with zero attached hydrogens (tertiary/aromatic N) is 4. The monoisotopic (exact) mass is 451 g/mol. The summed E-state index contributed by atoms with van der Waals surface area (Å²) in [5.41, 5.74) is 0.938. The van der Waals surface area contributed by atoms with Crippen molar-refractivity contribution in [2.75, 3.05) is 6.54 Å². The van der Waals surface area contributed by atoms with Crippen LogP contribution < -0.4 is 5.32 Å². The molecule has 2 aromatic rings. The zero-order chi connectivity index (χ0) is 21.3. The summed E-state index contributed by atoms with van der Waals surface area (Å²) < 4.78 is 42.2. The Balaban J connectivity index is 1.49. The fraction of sp³-hybridized carbons (Fsp3) is 0.611. The van der Waals surface area contributed by atoms with Gasteiger partial charge in [-0.25, -0.2) is 0 Å². The van der Waals surface area contributed by atoms with Gasteiger partial charge in [0.05, 0.1) is 33.7 Å². The predicted octanol–water partition coefficient (Wildman–Crippen LogP) is 4.50. The molecule has 1 aliphatic carbocycles. The average molecular weight is 452 g/mol. The zero-order valence-electron chi connectivity index (χ0n) is 16.1. The van der Waals surface area contributed by atoms with E-state index in [0.29, 0.717) is 35.9 Å². The quantitative estimate of drug-likeness (QED) is 0.601. The maximum atomic E-state index is 13.1. The zero-order valence-corrected chi connectivity index (χ0v) is 17.6. The third-order valence-corrected chi connectivity index (χ3v) is 5.80. The molecule has 11 heteroatoms. The first-order valence-electron chi connectivity index (χ1n) is 9.39. The molecule has 6 nitrogen and oxygen atoms in total. The van der Waals surface area contributed by atoms with Crippen LogP contribution in [0.3, 0.4) is 0 Å². The summed E-state index contributed by atoms with van der Waals surface area (Å²) in [6.45, 7) is 4.63. The molecule has 1 fully saturated rings. The Labute approximate surface area is 176 Å². The molecule has 0 spiro atoms. The second-order valence-electron chi connectivity index (χ2n) is 7.20. The van der Waals surface area contributed by atoms with E-state index >= 15 is 0 Å². The molecule has 1 saturated carbocycles. The van der Waals surface area contributed by atoms with Gasteiger partial charge in [0.1, 0.15) is 0 Å². The van der Waals surface area contributed by atoms with E-state index in [1.165, 1.54) is 4.68 Å². The second kappa shape index (κ2) is 8.55. The topological polar surface area (TPSA) is 64.7 Å². The number of aromatic nitrogens is 4. The summed E-state index contributed by atoms with van der Waals surface area (Å²) in [4.78, 5) is 12.0. The lowest BCUT2D eigenvalue weighted by atomic mass is 10.2. The minimum atomic E-state index is -4.58. The molecular formula is C18H22Cl2F3N5O. The van der Waals surface area contributed by atoms with Crippen molar-refractivity contribution in [1.82, 2.24) is 24.9 Å². The number of nitrogens with one attached hydrogen (secondary N) is 1. The van der Waals surface area contributed by atoms with Crippen molar-refractivity contribution in [3.05, 3.63) is 32.8 Å². The van der Waals surface area contributed by atoms with Gasteiger partial charge in [-0.1, -0.05) is 23.2 Å². The number of hydrogen-bond acceptors (Lipinski definition) is 3. The van der Waals surface area contributed by atoms with Crippen molar-refractivity contribution in [3.8, 4) is 0 Å². The van der Waals surface area contributed by atoms with E-state index in [4.69, 9.17) is 23.2 Å². The molecule has 0 saturated heterocycles. The van der Waals surface area contributed by atoms with E-state index < -0.39 is 11.9 Å². The Bertz CT molecular complexity index is 902. The van der Waals surface area contributed by atoms with Gasteiger partial charge in [0.25, 0.3) is 0 Å². The molecule has 3 rings (SSSR count). The molecule has 29 heavy (non-hydrogen) atoms. The molecule has 0 unspecified atom stereocenters. The maximum absolute atomic E-state index is 13.1. The first-order chi connectivity index (χ1) is 13.6. The van der Waals surface area contributed by atoms with Gasteiger partial charge < -0.3 is 5.32 Å². The Kier molecular flexibility index (Phi) is 6.48. The molecule has 2 heterocycles. The molecule has 1 N–H and O–H groups in total. The van der Waals surface area contributed by atoms with Crippen molar-refractivity contribution in [1.29, 1.82) is 0 Å². The van der Waals surface area contributed by atoms with Gasteiger partial charge in [-0.2, -0.15) is 23.4 Å². The van der Waals surface area contributed by atoms with E-state index in [1.54, 1.807) is 11.6 Å². The van der Waals surface area contributed by atoms with Crippen molar-refractivity contribution in [3.63, 3.8) is 0 Å². The molecule has 160 valence electrons. The summed E-state index contributed by atoms with van der Waals surface area (Å²) in [5, 5.41) is 11.0. The second-order valence-corrected chi connectivity index (χ2v) is 7.96. The predicted molar refractivity (Wildman–Crippen MR) is 103 cm³/mol. The van der Waals surface area contributed by atoms with Gasteiger partial charge in [-0.15, -0.1) is 0 Å². The highest BCUT2D eigenvalue weighted by atomic mass is 35.5. The highest BCUT2D eigenvalue weighted by Crippen LogP contribution is 2.46. The minimum absolute atomic E-state index is 0.0354. The molecule has 1 aliphatic rings. The van der Waals surface area contributed by atoms with Gasteiger partial charge in [-0.3, -0.25) is 14.2 Å². The Morgan fingerprint density at radius 1 is 1.14 bits per heavy atom. The van der Waals surface area contributed by atoms with Crippen LogP contribution in [0.4, 0.5) is 13.2 Å². The van der Waals surface area contributed by atoms with Crippen molar-refractivity contribution < 1.29 is 18.0 Å². The number of carbonyl (C=O) groups is 1. The Hall–Kier alpha value is -1.74. The van der Waals surface area contributed by atoms with Crippen molar-refractivity contribution >= 4 is 29.1 Å². The minimum Gasteiger partial charge on any atom is -0.356 e. The summed E-state index contributed by atoms with van der Waals surface area (Å²) in [7, 11) is 0. The Morgan fingerprint density at radius 3 is 2.38 bits per heavy atom. The fourth-order valence-electron chi connectivity index (χ4n) is 3.20. The van der Waals surface area contributed by atoms with Gasteiger partial charge >= 0.3 is 6.18 Å². The number of carbonyl (C=O) groups excluding carboxylic acids is 1. The molecule has 0 bridgehead atoms. The van der Waals surface area contributed by atoms with E-state index in [1.807, 2.05) is 6.92 Å². The summed E-state index contributed by atoms with van der Waals surface area (Å²) in [6, 6.07) is 0. The lowest BCUT2D eigenvalue weighted by Gasteiger charge is -2.09. The number of halogens is 5. The highest BCUT2D eigenvalue weighted by Gasteiger charge is 2.41. The maximum Gasteiger partial charge on any atom is 0.436 e. The van der Waals surface area contributed by atoms with Crippen LogP contribution in [-0.4, -0.2) is 32.0 Å². The highest BCUT2D eigenvalue weighted by molar-refractivity contribution is 6.32. The summed E-state index contributed by atoms with van der Waals surface area (Å²) in [5.74, 6) is -0.126. The molecule has 0 radical (unpaired) electrons. The van der Waals surface area contributed by atoms with E-state index in [0.717, 1.165) is 18.5 Å². The average Bonchev–Trinajstić information content (AvgIpc) is 3.37. The molecule has 0 aromatic carbocycles. The fourth-order valence-corrected chi connectivity index (χ4v) is 3.73. The van der Waals surface area contributed by atoms with Gasteiger partial charge in [-0.05, 0) is 33.1 Å². The number of rotatable bonds is 8. The molecule has 1 amide bonds. The van der Waals surface area contributed by atoms with Gasteiger partial charge in [0.2, 0.25) is 5.91 Å². The molecule has 2 aromatic heterocycles. The van der Waals surface area contributed by atoms with Crippen LogP contribution in [0, 0.1) is 13.8 Å². The Morgan fingerprint density at radius 2 is 1.83 bits per heavy atom. The van der Waals surface area contributed by atoms with Crippen molar-refractivity contribution in [2.24, 2.45) is 0 Å². The van der Waals surface area contributed by atoms with E-state index in [2.05, 4.69) is 15.5 Å². The SMILES string of the molecule is Cc1nn(CCC(=O)NCCCn2nc(C(F)(F)F)c(Cl)c2C2CC2)c(C)c1Cl. The molecule has 0 atom stereocenters. The summed E-state index contributed by atoms with van der Waals surface area (Å²) in [6.07, 6.45) is -2.26. The van der Waals surface area contributed by atoms with Crippen LogP contribution in [-0.2, 0) is 24.1 Å². The van der Waals surface area contributed by atoms with Crippen LogP contribution >= 0.6 is 23.2 Å². The normalized spacial score (nSPS) is 14.4. The van der Waals surface area contributed by atoms with Crippen LogP contribution in [0.25, 0.3) is 0 Å². The van der Waals surface area contributed by atoms with Crippen molar-refractivity contribution in [2.45, 2.75) is 64.7 Å². The van der Waals surface area contributed by atoms with E-state index in [9.17, 15) is 18.0 Å². The van der Waals surface area contributed by atoms with Crippen LogP contribution in [0.1, 0.15) is 54.4 Å². The first-order valence-corrected chi connectivity index (χ1v) is 10.1. The van der Waals surface area contributed by atoms with Crippen LogP contribution in [0.5, 0.6) is 0 Å². The third-order valence-electron chi connectivity index (χ3n) is 4.88. The summed E-state index contributed by atoms with van der Waals surface area (Å²) >= 11 is 12.0. The number of aryl methyl sites for hydroxylation is 3. The molecule has 0 aliphatic heterocycles.